The van der Waals surface area contributed by atoms with Crippen LogP contribution in [0.4, 0.5) is 0 Å². The standard InChI is InChI=1S/C43H80O9/c1-3-5-7-8-9-10-11-12-13-14-15-16-17-18-19-20-21-22-23-24-25-26-27-28-29-31-33-49-35-37(51-39(45)32-30-6-4-2)36-50-43-42(48)41(47)40(46)38(34-44)52-43/h11-12,14-15,37-38,40-44,46-48H,3-10,13,16-36H2,1-2H3/b12-11-,15-14-. The highest BCUT2D eigenvalue weighted by Crippen LogP contribution is 2.22. The van der Waals surface area contributed by atoms with Crippen LogP contribution >= 0.6 is 0 Å². The van der Waals surface area contributed by atoms with E-state index < -0.39 is 43.4 Å². The lowest BCUT2D eigenvalue weighted by atomic mass is 9.99. The van der Waals surface area contributed by atoms with Gasteiger partial charge in [-0.2, -0.15) is 0 Å². The Kier molecular flexibility index (Phi) is 33.1. The molecule has 52 heavy (non-hydrogen) atoms. The summed E-state index contributed by atoms with van der Waals surface area (Å²) in [4.78, 5) is 12.4. The van der Waals surface area contributed by atoms with Gasteiger partial charge < -0.3 is 39.4 Å². The summed E-state index contributed by atoms with van der Waals surface area (Å²) in [5.41, 5.74) is 0. The Balaban J connectivity index is 2.02. The molecule has 0 saturated carbocycles. The van der Waals surface area contributed by atoms with E-state index in [-0.39, 0.29) is 19.2 Å². The molecule has 4 N–H and O–H groups in total. The fourth-order valence-electron chi connectivity index (χ4n) is 6.46. The van der Waals surface area contributed by atoms with Crippen LogP contribution in [0, 0.1) is 0 Å². The van der Waals surface area contributed by atoms with E-state index in [4.69, 9.17) is 18.9 Å². The fourth-order valence-corrected chi connectivity index (χ4v) is 6.46. The number of hydrogen-bond donors (Lipinski definition) is 4. The molecule has 1 aliphatic rings. The lowest BCUT2D eigenvalue weighted by molar-refractivity contribution is -0.305. The molecule has 1 fully saturated rings. The number of aliphatic hydroxyl groups excluding tert-OH is 4. The van der Waals surface area contributed by atoms with Gasteiger partial charge in [0, 0.05) is 13.0 Å². The van der Waals surface area contributed by atoms with E-state index >= 15 is 0 Å². The van der Waals surface area contributed by atoms with Gasteiger partial charge in [-0.3, -0.25) is 4.79 Å². The first-order valence-electron chi connectivity index (χ1n) is 21.4. The molecular formula is C43H80O9. The first kappa shape index (κ1) is 48.7. The van der Waals surface area contributed by atoms with Crippen LogP contribution in [-0.2, 0) is 23.7 Å². The molecule has 0 aromatic carbocycles. The number of carbonyl (C=O) groups is 1. The van der Waals surface area contributed by atoms with Gasteiger partial charge in [0.1, 0.15) is 30.5 Å². The molecule has 0 radical (unpaired) electrons. The van der Waals surface area contributed by atoms with Crippen LogP contribution in [0.25, 0.3) is 0 Å². The van der Waals surface area contributed by atoms with Gasteiger partial charge in [-0.05, 0) is 44.9 Å². The van der Waals surface area contributed by atoms with E-state index in [0.717, 1.165) is 38.5 Å². The zero-order valence-electron chi connectivity index (χ0n) is 33.3. The van der Waals surface area contributed by atoms with Crippen LogP contribution in [0.2, 0.25) is 0 Å². The predicted octanol–water partition coefficient (Wildman–Crippen LogP) is 9.03. The predicted molar refractivity (Wildman–Crippen MR) is 210 cm³/mol. The maximum Gasteiger partial charge on any atom is 0.306 e. The van der Waals surface area contributed by atoms with Crippen molar-refractivity contribution >= 4 is 5.97 Å². The maximum atomic E-state index is 12.4. The molecule has 9 heteroatoms. The smallest absolute Gasteiger partial charge is 0.306 e. The average Bonchev–Trinajstić information content (AvgIpc) is 3.14. The zero-order valence-corrected chi connectivity index (χ0v) is 33.3. The Hall–Kier alpha value is -1.33. The normalized spacial score (nSPS) is 21.4. The van der Waals surface area contributed by atoms with Gasteiger partial charge >= 0.3 is 5.97 Å². The summed E-state index contributed by atoms with van der Waals surface area (Å²) in [5.74, 6) is -0.337. The third-order valence-corrected chi connectivity index (χ3v) is 9.87. The van der Waals surface area contributed by atoms with Crippen molar-refractivity contribution < 1.29 is 44.2 Å². The van der Waals surface area contributed by atoms with Crippen LogP contribution in [-0.4, -0.2) is 89.6 Å². The second kappa shape index (κ2) is 35.4. The highest BCUT2D eigenvalue weighted by atomic mass is 16.7. The molecule has 0 aromatic rings. The minimum absolute atomic E-state index is 0.113. The number of aliphatic hydroxyl groups is 4. The van der Waals surface area contributed by atoms with Crippen LogP contribution in [0.1, 0.15) is 181 Å². The van der Waals surface area contributed by atoms with Gasteiger partial charge in [0.05, 0.1) is 19.8 Å². The van der Waals surface area contributed by atoms with Crippen LogP contribution in [0.5, 0.6) is 0 Å². The number of esters is 1. The SMILES string of the molecule is CCCCCCC/C=C\C/C=C\CCCCCCCCCCCCCCCCOCC(COC1OC(CO)C(O)C(O)C1O)OC(=O)CCCCC. The molecule has 0 spiro atoms. The van der Waals surface area contributed by atoms with E-state index in [0.29, 0.717) is 13.0 Å². The van der Waals surface area contributed by atoms with Crippen molar-refractivity contribution in [3.8, 4) is 0 Å². The number of ether oxygens (including phenoxy) is 4. The van der Waals surface area contributed by atoms with Crippen molar-refractivity contribution in [2.75, 3.05) is 26.4 Å². The van der Waals surface area contributed by atoms with Crippen LogP contribution < -0.4 is 0 Å². The summed E-state index contributed by atoms with van der Waals surface area (Å²) in [7, 11) is 0. The summed E-state index contributed by atoms with van der Waals surface area (Å²) in [5, 5.41) is 39.7. The molecule has 1 saturated heterocycles. The maximum absolute atomic E-state index is 12.4. The van der Waals surface area contributed by atoms with E-state index in [9.17, 15) is 25.2 Å². The van der Waals surface area contributed by atoms with Crippen molar-refractivity contribution in [2.24, 2.45) is 0 Å². The molecule has 9 nitrogen and oxygen atoms in total. The Morgan fingerprint density at radius 2 is 1.12 bits per heavy atom. The number of rotatable bonds is 36. The number of carbonyl (C=O) groups excluding carboxylic acids is 1. The number of allylic oxidation sites excluding steroid dienone is 4. The van der Waals surface area contributed by atoms with Gasteiger partial charge in [0.25, 0.3) is 0 Å². The minimum Gasteiger partial charge on any atom is -0.457 e. The summed E-state index contributed by atoms with van der Waals surface area (Å²) in [6, 6.07) is 0. The van der Waals surface area contributed by atoms with Gasteiger partial charge in [0.15, 0.2) is 6.29 Å². The van der Waals surface area contributed by atoms with Crippen molar-refractivity contribution in [3.63, 3.8) is 0 Å². The number of hydrogen-bond acceptors (Lipinski definition) is 9. The summed E-state index contributed by atoms with van der Waals surface area (Å²) < 4.78 is 22.5. The fraction of sp³-hybridized carbons (Fsp3) is 0.884. The third-order valence-electron chi connectivity index (χ3n) is 9.87. The molecule has 0 amide bonds. The third kappa shape index (κ3) is 26.4. The van der Waals surface area contributed by atoms with Gasteiger partial charge in [-0.15, -0.1) is 0 Å². The topological polar surface area (TPSA) is 135 Å². The highest BCUT2D eigenvalue weighted by molar-refractivity contribution is 5.69. The Morgan fingerprint density at radius 3 is 1.65 bits per heavy atom. The van der Waals surface area contributed by atoms with E-state index in [2.05, 4.69) is 38.2 Å². The summed E-state index contributed by atoms with van der Waals surface area (Å²) in [6.45, 7) is 4.38. The molecule has 6 unspecified atom stereocenters. The second-order valence-corrected chi connectivity index (χ2v) is 14.8. The summed E-state index contributed by atoms with van der Waals surface area (Å²) >= 11 is 0. The Morgan fingerprint density at radius 1 is 0.615 bits per heavy atom. The Bertz CT molecular complexity index is 848. The van der Waals surface area contributed by atoms with Crippen LogP contribution in [0.15, 0.2) is 24.3 Å². The molecule has 1 heterocycles. The van der Waals surface area contributed by atoms with Crippen molar-refractivity contribution in [1.29, 1.82) is 0 Å². The van der Waals surface area contributed by atoms with Gasteiger partial charge in [-0.1, -0.05) is 154 Å². The van der Waals surface area contributed by atoms with Crippen molar-refractivity contribution in [2.45, 2.75) is 218 Å². The molecule has 0 aliphatic carbocycles. The molecule has 6 atom stereocenters. The quantitative estimate of drug-likeness (QED) is 0.0282. The van der Waals surface area contributed by atoms with E-state index in [1.54, 1.807) is 0 Å². The van der Waals surface area contributed by atoms with E-state index in [1.165, 1.54) is 122 Å². The van der Waals surface area contributed by atoms with Crippen LogP contribution in [0.3, 0.4) is 0 Å². The second-order valence-electron chi connectivity index (χ2n) is 14.8. The number of unbranched alkanes of at least 4 members (excludes halogenated alkanes) is 21. The molecule has 0 aromatic heterocycles. The van der Waals surface area contributed by atoms with Gasteiger partial charge in [0.2, 0.25) is 0 Å². The lowest BCUT2D eigenvalue weighted by Crippen LogP contribution is -2.59. The first-order valence-corrected chi connectivity index (χ1v) is 21.4. The van der Waals surface area contributed by atoms with E-state index in [1.807, 2.05) is 0 Å². The molecule has 0 bridgehead atoms. The minimum atomic E-state index is -1.53. The Labute approximate surface area is 317 Å². The van der Waals surface area contributed by atoms with Gasteiger partial charge in [-0.25, -0.2) is 0 Å². The molecule has 306 valence electrons. The van der Waals surface area contributed by atoms with Crippen molar-refractivity contribution in [1.82, 2.24) is 0 Å². The molecular weight excluding hydrogens is 660 g/mol. The molecule has 1 rings (SSSR count). The average molecular weight is 741 g/mol. The van der Waals surface area contributed by atoms with Crippen molar-refractivity contribution in [3.05, 3.63) is 24.3 Å². The summed E-state index contributed by atoms with van der Waals surface area (Å²) in [6.07, 6.45) is 33.1. The lowest BCUT2D eigenvalue weighted by Gasteiger charge is -2.39. The zero-order chi connectivity index (χ0) is 37.9. The highest BCUT2D eigenvalue weighted by Gasteiger charge is 2.44. The monoisotopic (exact) mass is 741 g/mol. The molecule has 1 aliphatic heterocycles. The first-order chi connectivity index (χ1) is 25.4. The largest absolute Gasteiger partial charge is 0.457 e.